The molecule has 0 radical (unpaired) electrons. The number of fused-ring (bicyclic) bond motifs is 1. The van der Waals surface area contributed by atoms with Crippen molar-refractivity contribution in [3.8, 4) is 0 Å². The molecule has 0 aromatic heterocycles. The molecule has 0 aromatic carbocycles. The summed E-state index contributed by atoms with van der Waals surface area (Å²) in [7, 11) is -10.0. The van der Waals surface area contributed by atoms with Crippen molar-refractivity contribution in [2.24, 2.45) is 0 Å². The van der Waals surface area contributed by atoms with E-state index < -0.39 is 56.7 Å². The quantitative estimate of drug-likeness (QED) is 0.431. The standard InChI is InChI=1S/C9H16O10S2/c1-9(2)17-6-3-5(16-8(6)18-9)7(4-20(10,11)12)19-21(13,14)15/h5-8H,3-4H2,1-2H3,(H,10,11,12)(H,13,14,15)/p-2/t5-,6+,7+,8+/m0/s1. The summed E-state index contributed by atoms with van der Waals surface area (Å²) >= 11 is 0. The van der Waals surface area contributed by atoms with Gasteiger partial charge in [-0.2, -0.15) is 0 Å². The van der Waals surface area contributed by atoms with Crippen molar-refractivity contribution < 1.29 is 44.3 Å². The van der Waals surface area contributed by atoms with Crippen LogP contribution in [-0.2, 0) is 38.9 Å². The van der Waals surface area contributed by atoms with E-state index in [-0.39, 0.29) is 6.42 Å². The van der Waals surface area contributed by atoms with E-state index in [0.717, 1.165) is 0 Å². The normalized spacial score (nSPS) is 33.8. The van der Waals surface area contributed by atoms with Crippen molar-refractivity contribution in [3.05, 3.63) is 0 Å². The van der Waals surface area contributed by atoms with Crippen LogP contribution in [0.5, 0.6) is 0 Å². The summed E-state index contributed by atoms with van der Waals surface area (Å²) in [5.74, 6) is -2.10. The molecule has 0 spiro atoms. The molecule has 2 saturated heterocycles. The summed E-state index contributed by atoms with van der Waals surface area (Å²) in [6.45, 7) is 3.28. The molecule has 0 amide bonds. The maximum absolute atomic E-state index is 10.8. The van der Waals surface area contributed by atoms with Gasteiger partial charge < -0.3 is 23.3 Å². The Morgan fingerprint density at radius 3 is 2.33 bits per heavy atom. The zero-order chi connectivity index (χ0) is 16.1. The van der Waals surface area contributed by atoms with E-state index in [1.165, 1.54) is 0 Å². The van der Waals surface area contributed by atoms with Crippen LogP contribution in [0.3, 0.4) is 0 Å². The average Bonchev–Trinajstić information content (AvgIpc) is 2.65. The van der Waals surface area contributed by atoms with Crippen LogP contribution in [-0.4, -0.2) is 62.1 Å². The Kier molecular flexibility index (Phi) is 4.36. The van der Waals surface area contributed by atoms with Crippen LogP contribution in [0.15, 0.2) is 0 Å². The number of rotatable bonds is 5. The predicted molar refractivity (Wildman–Crippen MR) is 62.4 cm³/mol. The van der Waals surface area contributed by atoms with Crippen molar-refractivity contribution in [3.63, 3.8) is 0 Å². The fourth-order valence-electron chi connectivity index (χ4n) is 2.32. The lowest BCUT2D eigenvalue weighted by Crippen LogP contribution is -2.38. The van der Waals surface area contributed by atoms with Crippen LogP contribution in [0.2, 0.25) is 0 Å². The molecule has 0 saturated carbocycles. The molecule has 12 heteroatoms. The first-order valence-electron chi connectivity index (χ1n) is 5.93. The first-order valence-corrected chi connectivity index (χ1v) is 8.84. The van der Waals surface area contributed by atoms with Gasteiger partial charge >= 0.3 is 0 Å². The molecule has 21 heavy (non-hydrogen) atoms. The highest BCUT2D eigenvalue weighted by atomic mass is 32.3. The van der Waals surface area contributed by atoms with Gasteiger partial charge in [-0.25, -0.2) is 16.8 Å². The molecule has 0 bridgehead atoms. The summed E-state index contributed by atoms with van der Waals surface area (Å²) in [5.41, 5.74) is 0. The lowest BCUT2D eigenvalue weighted by molar-refractivity contribution is -0.211. The molecule has 0 aromatic rings. The molecule has 124 valence electrons. The van der Waals surface area contributed by atoms with E-state index in [0.29, 0.717) is 0 Å². The topological polar surface area (TPSA) is 151 Å². The first-order chi connectivity index (χ1) is 9.35. The minimum atomic E-state index is -5.19. The lowest BCUT2D eigenvalue weighted by atomic mass is 10.1. The highest BCUT2D eigenvalue weighted by Gasteiger charge is 2.51. The van der Waals surface area contributed by atoms with Crippen LogP contribution in [0.25, 0.3) is 0 Å². The molecular formula is C9H14O10S2-2. The van der Waals surface area contributed by atoms with Gasteiger partial charge in [0.05, 0.1) is 22.0 Å². The average molecular weight is 346 g/mol. The molecule has 0 unspecified atom stereocenters. The second-order valence-corrected chi connectivity index (χ2v) is 7.68. The van der Waals surface area contributed by atoms with Crippen LogP contribution >= 0.6 is 0 Å². The van der Waals surface area contributed by atoms with Gasteiger partial charge in [0.15, 0.2) is 12.1 Å². The molecule has 2 aliphatic heterocycles. The van der Waals surface area contributed by atoms with Gasteiger partial charge in [-0.05, 0) is 13.8 Å². The van der Waals surface area contributed by atoms with E-state index >= 15 is 0 Å². The Bertz CT molecular complexity index is 544. The van der Waals surface area contributed by atoms with E-state index in [9.17, 15) is 25.9 Å². The van der Waals surface area contributed by atoms with E-state index in [1.54, 1.807) is 13.8 Å². The molecule has 0 aliphatic carbocycles. The van der Waals surface area contributed by atoms with Crippen molar-refractivity contribution in [1.82, 2.24) is 0 Å². The second-order valence-electron chi connectivity index (χ2n) is 5.22. The smallest absolute Gasteiger partial charge is 0.218 e. The van der Waals surface area contributed by atoms with Crippen LogP contribution < -0.4 is 0 Å². The third-order valence-electron chi connectivity index (χ3n) is 2.94. The zero-order valence-electron chi connectivity index (χ0n) is 11.1. The monoisotopic (exact) mass is 346 g/mol. The highest BCUT2D eigenvalue weighted by molar-refractivity contribution is 7.85. The molecule has 2 aliphatic rings. The molecule has 2 fully saturated rings. The maximum atomic E-state index is 10.8. The predicted octanol–water partition coefficient (Wildman–Crippen LogP) is -1.36. The van der Waals surface area contributed by atoms with E-state index in [4.69, 9.17) is 14.2 Å². The number of hydrogen-bond donors (Lipinski definition) is 0. The van der Waals surface area contributed by atoms with Gasteiger partial charge in [0.1, 0.15) is 12.2 Å². The SMILES string of the molecule is CC1(C)O[C@H]2O[C@H]([C@@H](CS(=O)(=O)[O-])OS(=O)(=O)[O-])C[C@H]2O1. The number of hydrogen-bond acceptors (Lipinski definition) is 10. The van der Waals surface area contributed by atoms with Crippen molar-refractivity contribution >= 4 is 20.5 Å². The third-order valence-corrected chi connectivity index (χ3v) is 4.16. The largest absolute Gasteiger partial charge is 0.748 e. The van der Waals surface area contributed by atoms with Crippen molar-refractivity contribution in [2.45, 2.75) is 50.7 Å². The summed E-state index contributed by atoms with van der Waals surface area (Å²) in [4.78, 5) is 0. The Hall–Kier alpha value is -0.340. The Labute approximate surface area is 122 Å². The molecule has 0 N–H and O–H groups in total. The Balaban J connectivity index is 2.10. The summed E-state index contributed by atoms with van der Waals surface area (Å²) < 4.78 is 84.5. The summed E-state index contributed by atoms with van der Waals surface area (Å²) in [6.07, 6.45) is -4.25. The van der Waals surface area contributed by atoms with Crippen molar-refractivity contribution in [2.75, 3.05) is 5.75 Å². The minimum Gasteiger partial charge on any atom is -0.748 e. The van der Waals surface area contributed by atoms with Gasteiger partial charge in [-0.3, -0.25) is 4.18 Å². The van der Waals surface area contributed by atoms with E-state index in [1.807, 2.05) is 0 Å². The molecule has 2 heterocycles. The number of ether oxygens (including phenoxy) is 3. The fourth-order valence-corrected chi connectivity index (χ4v) is 3.59. The molecular weight excluding hydrogens is 332 g/mol. The maximum Gasteiger partial charge on any atom is 0.218 e. The van der Waals surface area contributed by atoms with Gasteiger partial charge in [-0.15, -0.1) is 0 Å². The van der Waals surface area contributed by atoms with Gasteiger partial charge in [-0.1, -0.05) is 0 Å². The van der Waals surface area contributed by atoms with E-state index in [2.05, 4.69) is 4.18 Å². The highest BCUT2D eigenvalue weighted by Crippen LogP contribution is 2.38. The molecule has 2 rings (SSSR count). The van der Waals surface area contributed by atoms with Crippen molar-refractivity contribution in [1.29, 1.82) is 0 Å². The zero-order valence-corrected chi connectivity index (χ0v) is 12.8. The Morgan fingerprint density at radius 1 is 1.24 bits per heavy atom. The molecule has 4 atom stereocenters. The Morgan fingerprint density at radius 2 is 1.86 bits per heavy atom. The lowest BCUT2D eigenvalue weighted by Gasteiger charge is -2.27. The first kappa shape index (κ1) is 17.0. The molecule has 10 nitrogen and oxygen atoms in total. The van der Waals surface area contributed by atoms with Gasteiger partial charge in [0, 0.05) is 6.42 Å². The van der Waals surface area contributed by atoms with Gasteiger partial charge in [0.2, 0.25) is 10.4 Å². The van der Waals surface area contributed by atoms with Crippen LogP contribution in [0.4, 0.5) is 0 Å². The van der Waals surface area contributed by atoms with Gasteiger partial charge in [0.25, 0.3) is 0 Å². The van der Waals surface area contributed by atoms with Crippen LogP contribution in [0.1, 0.15) is 20.3 Å². The minimum absolute atomic E-state index is 0.0316. The van der Waals surface area contributed by atoms with Crippen LogP contribution in [0, 0.1) is 0 Å². The second kappa shape index (κ2) is 5.38. The fraction of sp³-hybridized carbons (Fsp3) is 1.00. The summed E-state index contributed by atoms with van der Waals surface area (Å²) in [5, 5.41) is 0. The summed E-state index contributed by atoms with van der Waals surface area (Å²) in [6, 6.07) is 0. The third kappa shape index (κ3) is 4.82.